The molecule has 2 unspecified atom stereocenters. The van der Waals surface area contributed by atoms with Crippen molar-refractivity contribution in [1.82, 2.24) is 0 Å². The SMILES string of the molecule is CC1(C(=O)O)COc2ccccc2C1.CCOC(=O)C1COc2ccccc2C1=O. The van der Waals surface area contributed by atoms with Gasteiger partial charge in [-0.1, -0.05) is 30.3 Å². The van der Waals surface area contributed by atoms with Crippen LogP contribution in [0.2, 0.25) is 0 Å². The van der Waals surface area contributed by atoms with Gasteiger partial charge in [-0.2, -0.15) is 0 Å². The standard InChI is InChI=1S/C12H12O4.C11H12O3/c1-2-15-12(14)9-7-16-10-6-4-3-5-8(10)11(9)13;1-11(10(12)13)6-8-4-2-3-5-9(8)14-7-11/h3-6,9H,2,7H2,1H3;2-5H,6-7H2,1H3,(H,12,13). The Labute approximate surface area is 174 Å². The van der Waals surface area contributed by atoms with Crippen molar-refractivity contribution in [3.05, 3.63) is 59.7 Å². The van der Waals surface area contributed by atoms with Crippen LogP contribution in [0.1, 0.15) is 29.8 Å². The Kier molecular flexibility index (Phi) is 6.40. The average molecular weight is 412 g/mol. The number of esters is 1. The van der Waals surface area contributed by atoms with Gasteiger partial charge in [0.15, 0.2) is 11.7 Å². The second-order valence-electron chi connectivity index (χ2n) is 7.42. The molecule has 2 heterocycles. The lowest BCUT2D eigenvalue weighted by molar-refractivity contribution is -0.150. The Balaban J connectivity index is 0.000000172. The maximum absolute atomic E-state index is 12.0. The Bertz CT molecular complexity index is 952. The van der Waals surface area contributed by atoms with E-state index in [4.69, 9.17) is 19.3 Å². The second kappa shape index (κ2) is 8.98. The van der Waals surface area contributed by atoms with Gasteiger partial charge in [0, 0.05) is 0 Å². The number of carboxylic acids is 1. The van der Waals surface area contributed by atoms with Crippen molar-refractivity contribution in [3.8, 4) is 11.5 Å². The zero-order valence-corrected chi connectivity index (χ0v) is 16.9. The molecule has 2 aliphatic rings. The quantitative estimate of drug-likeness (QED) is 0.611. The first-order valence-corrected chi connectivity index (χ1v) is 9.72. The van der Waals surface area contributed by atoms with Crippen LogP contribution in [0.25, 0.3) is 0 Å². The molecule has 0 radical (unpaired) electrons. The van der Waals surface area contributed by atoms with E-state index in [1.807, 2.05) is 24.3 Å². The molecule has 0 saturated heterocycles. The van der Waals surface area contributed by atoms with Crippen LogP contribution in [-0.4, -0.2) is 42.6 Å². The summed E-state index contributed by atoms with van der Waals surface area (Å²) in [7, 11) is 0. The Hall–Kier alpha value is -3.35. The number of ketones is 1. The first-order chi connectivity index (χ1) is 14.4. The molecule has 0 spiro atoms. The van der Waals surface area contributed by atoms with Gasteiger partial charge in [0.25, 0.3) is 0 Å². The lowest BCUT2D eigenvalue weighted by Crippen LogP contribution is -2.39. The average Bonchev–Trinajstić information content (AvgIpc) is 2.74. The van der Waals surface area contributed by atoms with Gasteiger partial charge < -0.3 is 19.3 Å². The fourth-order valence-corrected chi connectivity index (χ4v) is 3.29. The molecule has 0 aromatic heterocycles. The summed E-state index contributed by atoms with van der Waals surface area (Å²) in [6, 6.07) is 14.5. The number of para-hydroxylation sites is 2. The number of benzene rings is 2. The Morgan fingerprint density at radius 2 is 1.77 bits per heavy atom. The molecule has 4 rings (SSSR count). The highest BCUT2D eigenvalue weighted by Crippen LogP contribution is 2.34. The highest BCUT2D eigenvalue weighted by molar-refractivity contribution is 6.11. The molecule has 1 N–H and O–H groups in total. The van der Waals surface area contributed by atoms with Gasteiger partial charge in [0.05, 0.1) is 12.2 Å². The molecule has 0 bridgehead atoms. The first-order valence-electron chi connectivity index (χ1n) is 9.72. The highest BCUT2D eigenvalue weighted by Gasteiger charge is 2.38. The number of carbonyl (C=O) groups is 3. The Morgan fingerprint density at radius 1 is 1.10 bits per heavy atom. The first kappa shape index (κ1) is 21.4. The van der Waals surface area contributed by atoms with Gasteiger partial charge in [-0.15, -0.1) is 0 Å². The molecule has 2 atom stereocenters. The van der Waals surface area contributed by atoms with E-state index in [0.717, 1.165) is 11.3 Å². The van der Waals surface area contributed by atoms with Crippen LogP contribution in [0.3, 0.4) is 0 Å². The minimum absolute atomic E-state index is 0.0642. The number of rotatable bonds is 3. The molecule has 0 fully saturated rings. The third kappa shape index (κ3) is 4.45. The summed E-state index contributed by atoms with van der Waals surface area (Å²) in [6.45, 7) is 4.00. The summed E-state index contributed by atoms with van der Waals surface area (Å²) >= 11 is 0. The molecule has 158 valence electrons. The van der Waals surface area contributed by atoms with Crippen molar-refractivity contribution >= 4 is 17.7 Å². The van der Waals surface area contributed by atoms with Crippen LogP contribution < -0.4 is 9.47 Å². The lowest BCUT2D eigenvalue weighted by atomic mass is 9.82. The van der Waals surface area contributed by atoms with E-state index in [2.05, 4.69) is 0 Å². The number of hydrogen-bond donors (Lipinski definition) is 1. The van der Waals surface area contributed by atoms with Crippen molar-refractivity contribution in [3.63, 3.8) is 0 Å². The predicted octanol–water partition coefficient (Wildman–Crippen LogP) is 3.15. The van der Waals surface area contributed by atoms with E-state index >= 15 is 0 Å². The van der Waals surface area contributed by atoms with E-state index in [1.165, 1.54) is 0 Å². The van der Waals surface area contributed by atoms with Crippen LogP contribution in [0.4, 0.5) is 0 Å². The van der Waals surface area contributed by atoms with Gasteiger partial charge >= 0.3 is 11.9 Å². The van der Waals surface area contributed by atoms with Gasteiger partial charge in [0.1, 0.15) is 30.1 Å². The molecule has 2 aromatic rings. The maximum Gasteiger partial charge on any atom is 0.320 e. The number of hydrogen-bond acceptors (Lipinski definition) is 6. The van der Waals surface area contributed by atoms with E-state index < -0.39 is 23.3 Å². The smallest absolute Gasteiger partial charge is 0.320 e. The normalized spacial score (nSPS) is 21.5. The molecule has 2 aromatic carbocycles. The molecular formula is C23H24O7. The zero-order valence-electron chi connectivity index (χ0n) is 16.9. The predicted molar refractivity (Wildman–Crippen MR) is 108 cm³/mol. The van der Waals surface area contributed by atoms with E-state index in [0.29, 0.717) is 17.7 Å². The highest BCUT2D eigenvalue weighted by atomic mass is 16.5. The minimum Gasteiger partial charge on any atom is -0.492 e. The molecule has 0 aliphatic carbocycles. The number of carboxylic acid groups (broad SMARTS) is 1. The molecule has 0 saturated carbocycles. The number of aliphatic carboxylic acids is 1. The summed E-state index contributed by atoms with van der Waals surface area (Å²) in [5.41, 5.74) is 0.643. The molecular weight excluding hydrogens is 388 g/mol. The molecule has 2 aliphatic heterocycles. The summed E-state index contributed by atoms with van der Waals surface area (Å²) < 4.78 is 15.6. The van der Waals surface area contributed by atoms with Gasteiger partial charge in [-0.05, 0) is 44.0 Å². The lowest BCUT2D eigenvalue weighted by Gasteiger charge is -2.30. The van der Waals surface area contributed by atoms with Gasteiger partial charge in [-0.3, -0.25) is 14.4 Å². The van der Waals surface area contributed by atoms with Crippen LogP contribution in [-0.2, 0) is 20.7 Å². The van der Waals surface area contributed by atoms with E-state index in [-0.39, 0.29) is 25.6 Å². The number of Topliss-reactive ketones (excluding diaryl/α,β-unsaturated/α-hetero) is 1. The fraction of sp³-hybridized carbons (Fsp3) is 0.348. The maximum atomic E-state index is 12.0. The van der Waals surface area contributed by atoms with E-state index in [9.17, 15) is 14.4 Å². The zero-order chi connectivity index (χ0) is 21.7. The second-order valence-corrected chi connectivity index (χ2v) is 7.42. The van der Waals surface area contributed by atoms with E-state index in [1.54, 1.807) is 38.1 Å². The molecule has 30 heavy (non-hydrogen) atoms. The van der Waals surface area contributed by atoms with Crippen LogP contribution >= 0.6 is 0 Å². The fourth-order valence-electron chi connectivity index (χ4n) is 3.29. The summed E-state index contributed by atoms with van der Waals surface area (Å²) in [5, 5.41) is 9.04. The monoisotopic (exact) mass is 412 g/mol. The molecule has 7 heteroatoms. The number of fused-ring (bicyclic) bond motifs is 2. The minimum atomic E-state index is -0.824. The van der Waals surface area contributed by atoms with Gasteiger partial charge in [-0.25, -0.2) is 0 Å². The van der Waals surface area contributed by atoms with Crippen molar-refractivity contribution in [1.29, 1.82) is 0 Å². The summed E-state index contributed by atoms with van der Waals surface area (Å²) in [4.78, 5) is 34.5. The number of carbonyl (C=O) groups excluding carboxylic acids is 2. The van der Waals surface area contributed by atoms with Crippen molar-refractivity contribution in [2.24, 2.45) is 11.3 Å². The third-order valence-corrected chi connectivity index (χ3v) is 5.06. The van der Waals surface area contributed by atoms with Crippen LogP contribution in [0.5, 0.6) is 11.5 Å². The molecule has 0 amide bonds. The van der Waals surface area contributed by atoms with Crippen LogP contribution in [0.15, 0.2) is 48.5 Å². The molecule has 7 nitrogen and oxygen atoms in total. The summed E-state index contributed by atoms with van der Waals surface area (Å²) in [5.74, 6) is -1.01. The third-order valence-electron chi connectivity index (χ3n) is 5.06. The van der Waals surface area contributed by atoms with Crippen LogP contribution in [0, 0.1) is 11.3 Å². The van der Waals surface area contributed by atoms with Crippen molar-refractivity contribution in [2.45, 2.75) is 20.3 Å². The van der Waals surface area contributed by atoms with Crippen molar-refractivity contribution < 1.29 is 33.7 Å². The summed E-state index contributed by atoms with van der Waals surface area (Å²) in [6.07, 6.45) is 0.540. The number of ether oxygens (including phenoxy) is 3. The Morgan fingerprint density at radius 3 is 2.47 bits per heavy atom. The topological polar surface area (TPSA) is 99.1 Å². The largest absolute Gasteiger partial charge is 0.492 e. The van der Waals surface area contributed by atoms with Gasteiger partial charge in [0.2, 0.25) is 0 Å². The van der Waals surface area contributed by atoms with Crippen molar-refractivity contribution in [2.75, 3.05) is 19.8 Å².